The van der Waals surface area contributed by atoms with Crippen LogP contribution in [-0.2, 0) is 17.9 Å². The first-order valence-corrected chi connectivity index (χ1v) is 13.5. The van der Waals surface area contributed by atoms with E-state index < -0.39 is 42.5 Å². The number of amides is 2. The number of hydrogen-bond donors (Lipinski definition) is 1. The van der Waals surface area contributed by atoms with E-state index in [9.17, 15) is 31.5 Å². The van der Waals surface area contributed by atoms with Crippen molar-refractivity contribution in [2.24, 2.45) is 0 Å². The number of ketones is 1. The molecular formula is C29H24F6N6O2. The Morgan fingerprint density at radius 1 is 1.02 bits per heavy atom. The van der Waals surface area contributed by atoms with Crippen molar-refractivity contribution in [1.82, 2.24) is 29.1 Å². The predicted molar refractivity (Wildman–Crippen MR) is 144 cm³/mol. The summed E-state index contributed by atoms with van der Waals surface area (Å²) in [5, 5.41) is 3.57. The number of benzene rings is 1. The number of fused-ring (bicyclic) bond motifs is 1. The van der Waals surface area contributed by atoms with Crippen molar-refractivity contribution in [1.29, 1.82) is 0 Å². The molecule has 0 radical (unpaired) electrons. The van der Waals surface area contributed by atoms with Gasteiger partial charge in [-0.05, 0) is 36.8 Å². The summed E-state index contributed by atoms with van der Waals surface area (Å²) in [5.74, 6) is -9.80. The van der Waals surface area contributed by atoms with Gasteiger partial charge in [0.15, 0.2) is 5.78 Å². The number of imidazole rings is 1. The van der Waals surface area contributed by atoms with Gasteiger partial charge in [-0.25, -0.2) is 36.1 Å². The molecule has 4 aromatic rings. The fraction of sp³-hybridized carbons (Fsp3) is 0.345. The Balaban J connectivity index is 1.28. The number of urea groups is 1. The standard InChI is InChI=1S/C29H24F6N6O2/c1-27(31)28(32,33)14-40(15-29(27,34)35)26(43)39-7-6-38-13-19(18-9-17(30)8-16(12-39)25(18)38)24-23(21(42)11-37-24)20-10-36-22-4-2-3-5-41(20)22/h2-5,8-10,13,37H,6-7,11-12,14-15H2,1H3. The number of carbonyl (C=O) groups is 2. The Hall–Kier alpha value is -4.49. The molecule has 14 heteroatoms. The van der Waals surface area contributed by atoms with Crippen LogP contribution in [0.25, 0.3) is 27.8 Å². The number of likely N-dealkylation sites (tertiary alicyclic amines) is 1. The Kier molecular flexibility index (Phi) is 5.73. The summed E-state index contributed by atoms with van der Waals surface area (Å²) in [6, 6.07) is 6.80. The van der Waals surface area contributed by atoms with E-state index in [1.54, 1.807) is 39.7 Å². The molecule has 2 amide bonds. The number of hydrogen-bond acceptors (Lipinski definition) is 4. The van der Waals surface area contributed by atoms with Crippen molar-refractivity contribution >= 4 is 39.6 Å². The number of nitrogens with zero attached hydrogens (tertiary/aromatic N) is 5. The molecule has 43 heavy (non-hydrogen) atoms. The third-order valence-electron chi connectivity index (χ3n) is 8.58. The fourth-order valence-electron chi connectivity index (χ4n) is 6.20. The second kappa shape index (κ2) is 9.01. The Morgan fingerprint density at radius 2 is 1.77 bits per heavy atom. The molecule has 3 aromatic heterocycles. The molecule has 1 N–H and O–H groups in total. The zero-order valence-electron chi connectivity index (χ0n) is 22.7. The molecule has 0 unspecified atom stereocenters. The van der Waals surface area contributed by atoms with Crippen molar-refractivity contribution in [2.45, 2.75) is 37.5 Å². The molecule has 0 aliphatic carbocycles. The maximum Gasteiger partial charge on any atom is 0.320 e. The predicted octanol–water partition coefficient (Wildman–Crippen LogP) is 4.72. The first-order valence-electron chi connectivity index (χ1n) is 13.5. The maximum absolute atomic E-state index is 15.1. The van der Waals surface area contributed by atoms with Crippen LogP contribution in [-0.4, -0.2) is 79.3 Å². The van der Waals surface area contributed by atoms with Gasteiger partial charge in [0.2, 0.25) is 5.67 Å². The van der Waals surface area contributed by atoms with E-state index in [1.165, 1.54) is 12.1 Å². The lowest BCUT2D eigenvalue weighted by Crippen LogP contribution is -2.69. The van der Waals surface area contributed by atoms with E-state index >= 15 is 4.39 Å². The molecule has 1 saturated heterocycles. The summed E-state index contributed by atoms with van der Waals surface area (Å²) in [5.41, 5.74) is -0.657. The van der Waals surface area contributed by atoms with Crippen molar-refractivity contribution < 1.29 is 35.9 Å². The SMILES string of the molecule is CC1(F)C(F)(F)CN(C(=O)N2CCn3cc(C4=C(c5cnc6ccccn56)C(=O)CN4)c4cc(F)cc(c43)C2)CC1(F)F. The van der Waals surface area contributed by atoms with Crippen LogP contribution in [0.4, 0.5) is 31.1 Å². The van der Waals surface area contributed by atoms with E-state index in [2.05, 4.69) is 10.3 Å². The van der Waals surface area contributed by atoms with Gasteiger partial charge in [-0.1, -0.05) is 6.07 Å². The van der Waals surface area contributed by atoms with E-state index in [0.717, 1.165) is 4.90 Å². The Morgan fingerprint density at radius 3 is 2.51 bits per heavy atom. The highest BCUT2D eigenvalue weighted by molar-refractivity contribution is 6.32. The fourth-order valence-corrected chi connectivity index (χ4v) is 6.20. The second-order valence-electron chi connectivity index (χ2n) is 11.3. The minimum absolute atomic E-state index is 0.0187. The van der Waals surface area contributed by atoms with Crippen molar-refractivity contribution in [3.63, 3.8) is 0 Å². The molecule has 6 heterocycles. The van der Waals surface area contributed by atoms with Crippen LogP contribution in [0.1, 0.15) is 23.7 Å². The number of alkyl halides is 5. The lowest BCUT2D eigenvalue weighted by molar-refractivity contribution is -0.272. The molecule has 7 rings (SSSR count). The van der Waals surface area contributed by atoms with Gasteiger partial charge in [0, 0.05) is 43.0 Å². The lowest BCUT2D eigenvalue weighted by Gasteiger charge is -2.46. The summed E-state index contributed by atoms with van der Waals surface area (Å²) in [4.78, 5) is 32.1. The van der Waals surface area contributed by atoms with Crippen LogP contribution in [0.2, 0.25) is 0 Å². The summed E-state index contributed by atoms with van der Waals surface area (Å²) in [7, 11) is 0. The van der Waals surface area contributed by atoms with Crippen LogP contribution in [0.5, 0.6) is 0 Å². The van der Waals surface area contributed by atoms with Crippen LogP contribution in [0.15, 0.2) is 48.9 Å². The van der Waals surface area contributed by atoms with Crippen LogP contribution in [0.3, 0.4) is 0 Å². The van der Waals surface area contributed by atoms with Crippen LogP contribution in [0, 0.1) is 5.82 Å². The number of aromatic nitrogens is 3. The normalized spacial score (nSPS) is 21.0. The quantitative estimate of drug-likeness (QED) is 0.337. The number of rotatable bonds is 2. The minimum Gasteiger partial charge on any atom is -0.376 e. The van der Waals surface area contributed by atoms with E-state index in [-0.39, 0.29) is 43.8 Å². The van der Waals surface area contributed by atoms with E-state index in [0.29, 0.717) is 44.6 Å². The topological polar surface area (TPSA) is 74.9 Å². The van der Waals surface area contributed by atoms with Gasteiger partial charge in [-0.2, -0.15) is 0 Å². The van der Waals surface area contributed by atoms with E-state index in [1.807, 2.05) is 6.07 Å². The van der Waals surface area contributed by atoms with E-state index in [4.69, 9.17) is 0 Å². The highest BCUT2D eigenvalue weighted by Gasteiger charge is 2.71. The number of pyridine rings is 1. The first-order chi connectivity index (χ1) is 20.3. The largest absolute Gasteiger partial charge is 0.376 e. The number of nitrogens with one attached hydrogen (secondary N) is 1. The van der Waals surface area contributed by atoms with Crippen molar-refractivity contribution in [2.75, 3.05) is 26.2 Å². The van der Waals surface area contributed by atoms with Gasteiger partial charge in [0.05, 0.1) is 48.3 Å². The molecule has 8 nitrogen and oxygen atoms in total. The highest BCUT2D eigenvalue weighted by atomic mass is 19.3. The molecule has 3 aliphatic heterocycles. The molecule has 1 fully saturated rings. The Labute approximate surface area is 240 Å². The summed E-state index contributed by atoms with van der Waals surface area (Å²) in [6.45, 7) is -3.09. The van der Waals surface area contributed by atoms with Gasteiger partial charge in [0.25, 0.3) is 0 Å². The van der Waals surface area contributed by atoms with Crippen LogP contribution < -0.4 is 5.32 Å². The molecule has 224 valence electrons. The highest BCUT2D eigenvalue weighted by Crippen LogP contribution is 2.48. The number of Topliss-reactive ketones (excluding diaryl/α,β-unsaturated/α-hetero) is 1. The third kappa shape index (κ3) is 3.94. The molecule has 0 bridgehead atoms. The first kappa shape index (κ1) is 27.3. The van der Waals surface area contributed by atoms with Gasteiger partial charge in [0.1, 0.15) is 11.5 Å². The van der Waals surface area contributed by atoms with Crippen LogP contribution >= 0.6 is 0 Å². The second-order valence-corrected chi connectivity index (χ2v) is 11.3. The lowest BCUT2D eigenvalue weighted by atomic mass is 9.88. The molecule has 3 aliphatic rings. The summed E-state index contributed by atoms with van der Waals surface area (Å²) in [6.07, 6.45) is 5.08. The summed E-state index contributed by atoms with van der Waals surface area (Å²) >= 11 is 0. The smallest absolute Gasteiger partial charge is 0.320 e. The number of carbonyl (C=O) groups excluding carboxylic acids is 2. The van der Waals surface area contributed by atoms with Gasteiger partial charge in [-0.15, -0.1) is 0 Å². The third-order valence-corrected chi connectivity index (χ3v) is 8.58. The average Bonchev–Trinajstić information content (AvgIpc) is 3.59. The monoisotopic (exact) mass is 602 g/mol. The van der Waals surface area contributed by atoms with Crippen molar-refractivity contribution in [3.8, 4) is 0 Å². The molecule has 0 atom stereocenters. The zero-order valence-corrected chi connectivity index (χ0v) is 22.7. The van der Waals surface area contributed by atoms with Gasteiger partial charge in [-0.3, -0.25) is 9.20 Å². The van der Waals surface area contributed by atoms with Crippen molar-refractivity contribution in [3.05, 3.63) is 71.6 Å². The molecule has 0 spiro atoms. The zero-order chi connectivity index (χ0) is 30.5. The molecule has 1 aromatic carbocycles. The summed E-state index contributed by atoms with van der Waals surface area (Å²) < 4.78 is 90.6. The molecular weight excluding hydrogens is 578 g/mol. The maximum atomic E-state index is 15.1. The number of piperidine rings is 1. The molecule has 0 saturated carbocycles. The van der Waals surface area contributed by atoms with Gasteiger partial charge >= 0.3 is 17.9 Å². The minimum atomic E-state index is -4.49. The average molecular weight is 603 g/mol. The number of halogens is 6. The Bertz CT molecular complexity index is 1860. The van der Waals surface area contributed by atoms with Gasteiger partial charge < -0.3 is 19.7 Å².